The molecule has 7 aliphatic rings. The Kier molecular flexibility index (Phi) is 30.2. The van der Waals surface area contributed by atoms with Gasteiger partial charge in [0.25, 0.3) is 0 Å². The molecule has 12 amide bonds. The molecule has 0 aromatic rings. The highest BCUT2D eigenvalue weighted by Gasteiger charge is 2.52. The van der Waals surface area contributed by atoms with Crippen molar-refractivity contribution in [3.05, 3.63) is 0 Å². The second kappa shape index (κ2) is 37.1. The predicted octanol–water partition coefficient (Wildman–Crippen LogP) is 5.58. The highest BCUT2D eigenvalue weighted by molar-refractivity contribution is 6.21. The van der Waals surface area contributed by atoms with Crippen LogP contribution in [0.5, 0.6) is 0 Å². The number of alkyl halides is 4. The largest absolute Gasteiger partial charge is 0.393 e. The molecule has 4 aliphatic carbocycles. The van der Waals surface area contributed by atoms with Crippen molar-refractivity contribution in [3.8, 4) is 0 Å². The average molecular weight is 1460 g/mol. The smallest absolute Gasteiger partial charge is 0.378 e. The van der Waals surface area contributed by atoms with E-state index in [1.165, 1.54) is 86.4 Å². The summed E-state index contributed by atoms with van der Waals surface area (Å²) in [5, 5.41) is 7.63. The molecule has 0 aromatic carbocycles. The number of morpholine rings is 1. The number of ether oxygens (including phenoxy) is 1. The van der Waals surface area contributed by atoms with E-state index in [0.717, 1.165) is 38.5 Å². The zero-order chi connectivity index (χ0) is 75.2. The summed E-state index contributed by atoms with van der Waals surface area (Å²) in [6, 6.07) is -8.65. The quantitative estimate of drug-likeness (QED) is 0.202. The van der Waals surface area contributed by atoms with Crippen LogP contribution in [0.25, 0.3) is 0 Å². The van der Waals surface area contributed by atoms with Crippen molar-refractivity contribution in [1.82, 2.24) is 60.0 Å². The molecule has 7 rings (SSSR count). The van der Waals surface area contributed by atoms with E-state index < -0.39 is 174 Å². The van der Waals surface area contributed by atoms with Gasteiger partial charge in [0.05, 0.1) is 45.2 Å². The first-order valence-electron chi connectivity index (χ1n) is 37.8. The summed E-state index contributed by atoms with van der Waals surface area (Å²) in [4.78, 5) is 192. The fraction of sp³-hybridized carbons (Fsp3) is 0.836. The van der Waals surface area contributed by atoms with E-state index in [1.807, 2.05) is 20.8 Å². The number of halogens is 4. The van der Waals surface area contributed by atoms with Gasteiger partial charge in [0, 0.05) is 73.8 Å². The van der Waals surface area contributed by atoms with Gasteiger partial charge in [-0.25, -0.2) is 0 Å². The van der Waals surface area contributed by atoms with Crippen molar-refractivity contribution in [2.75, 3.05) is 101 Å². The Labute approximate surface area is 606 Å². The predicted molar refractivity (Wildman–Crippen MR) is 376 cm³/mol. The van der Waals surface area contributed by atoms with Crippen LogP contribution in [0.2, 0.25) is 0 Å². The fourth-order valence-electron chi connectivity index (χ4n) is 16.7. The lowest BCUT2D eigenvalue weighted by atomic mass is 9.78. The molecule has 0 radical (unpaired) electrons. The molecule has 11 atom stereocenters. The summed E-state index contributed by atoms with van der Waals surface area (Å²) >= 11 is 6.42. The normalized spacial score (nSPS) is 30.9. The molecule has 0 aromatic heterocycles. The number of hydrogen-bond acceptors (Lipinski definition) is 13. The fourth-order valence-corrected chi connectivity index (χ4v) is 17.2. The highest BCUT2D eigenvalue weighted by Crippen LogP contribution is 2.44. The maximum absolute atomic E-state index is 15.7. The summed E-state index contributed by atoms with van der Waals surface area (Å²) in [6.07, 6.45) is 3.52. The van der Waals surface area contributed by atoms with E-state index >= 15 is 28.8 Å². The highest BCUT2D eigenvalue weighted by atomic mass is 35.5. The summed E-state index contributed by atoms with van der Waals surface area (Å²) in [5.74, 6) is -10.3. The Balaban J connectivity index is 1.28. The number of fused-ring (bicyclic) bond motifs is 1. The number of carbonyl (C=O) groups excluding carboxylic acids is 12. The van der Waals surface area contributed by atoms with Gasteiger partial charge in [-0.3, -0.25) is 57.5 Å². The maximum atomic E-state index is 15.7. The van der Waals surface area contributed by atoms with Crippen LogP contribution >= 0.6 is 11.6 Å². The lowest BCUT2D eigenvalue weighted by Gasteiger charge is -2.42. The molecule has 29 heteroatoms. The number of carbonyl (C=O) groups is 12. The Bertz CT molecular complexity index is 2960. The van der Waals surface area contributed by atoms with Crippen molar-refractivity contribution in [1.29, 1.82) is 0 Å². The third-order valence-corrected chi connectivity index (χ3v) is 24.0. The molecule has 7 fully saturated rings. The van der Waals surface area contributed by atoms with Gasteiger partial charge in [-0.05, 0) is 126 Å². The number of rotatable bonds is 12. The number of nitrogens with one attached hydrogen (secondary N) is 3. The first-order valence-corrected chi connectivity index (χ1v) is 38.2. The van der Waals surface area contributed by atoms with Crippen LogP contribution in [0, 0.1) is 41.4 Å². The van der Waals surface area contributed by atoms with Gasteiger partial charge in [0.2, 0.25) is 70.9 Å². The van der Waals surface area contributed by atoms with Crippen LogP contribution in [0.1, 0.15) is 189 Å². The molecule has 25 nitrogen and oxygen atoms in total. The van der Waals surface area contributed by atoms with Gasteiger partial charge >= 0.3 is 6.18 Å². The first kappa shape index (κ1) is 83.0. The van der Waals surface area contributed by atoms with Crippen LogP contribution in [0.3, 0.4) is 0 Å². The molecular weight excluding hydrogens is 1350 g/mol. The van der Waals surface area contributed by atoms with Crippen molar-refractivity contribution in [2.24, 2.45) is 41.4 Å². The third kappa shape index (κ3) is 20.8. The van der Waals surface area contributed by atoms with E-state index in [0.29, 0.717) is 44.4 Å². The molecule has 576 valence electrons. The number of likely N-dealkylation sites (N-methyl/N-ethyl adjacent to an activating group) is 7. The molecular formula is C73H118ClF3N12O13. The van der Waals surface area contributed by atoms with Crippen molar-refractivity contribution < 1.29 is 75.4 Å². The number of nitrogens with zero attached hydrogens (tertiary/aromatic N) is 9. The molecule has 3 aliphatic heterocycles. The molecule has 3 saturated heterocycles. The molecule has 3 unspecified atom stereocenters. The minimum Gasteiger partial charge on any atom is -0.378 e. The zero-order valence-electron chi connectivity index (χ0n) is 62.6. The molecule has 4 saturated carbocycles. The zero-order valence-corrected chi connectivity index (χ0v) is 63.4. The molecule has 3 N–H and O–H groups in total. The van der Waals surface area contributed by atoms with Gasteiger partial charge < -0.3 is 64.8 Å². The van der Waals surface area contributed by atoms with Crippen molar-refractivity contribution in [2.45, 2.75) is 249 Å². The van der Waals surface area contributed by atoms with Gasteiger partial charge in [-0.1, -0.05) is 92.4 Å². The standard InChI is InChI=1S/C73H118ClF3N12O13/c1-13-47(6)62-69(99)82(8)43-61(93)87(14-2)44-60(92)84(10)56(40-49-25-23-46(5)24-26-49)67(97)81(7)42-58(90)78-53(30-28-48-27-29-51(52(74)39-48)73(75,76)77)66(96)89-33-19-22-54(89)65(95)80-72(31-17-18-32-72)71(101)86(12)63(50-20-15-16-21-50)70(100)85(11)57(68(98)88-34-36-102-37-35-88)41-59(91)83(9)55(38-45(3)4)64(94)79-62/h45-57,62-63H,13-44H2,1-12H3,(H,78,90)(H,79,94)(H,80,95)/t46?,47-,48?,49?,51?,52?,53-,54-,55-,56-,57-,62-,63-/m0/s1. The van der Waals surface area contributed by atoms with Gasteiger partial charge in [0.15, 0.2) is 0 Å². The molecule has 1 spiro atoms. The van der Waals surface area contributed by atoms with E-state index in [-0.39, 0.29) is 121 Å². The Hall–Kier alpha value is -6.32. The van der Waals surface area contributed by atoms with E-state index in [2.05, 4.69) is 22.9 Å². The van der Waals surface area contributed by atoms with Crippen LogP contribution in [0.15, 0.2) is 0 Å². The van der Waals surface area contributed by atoms with Gasteiger partial charge in [0.1, 0.15) is 47.8 Å². The topological polar surface area (TPSA) is 279 Å². The summed E-state index contributed by atoms with van der Waals surface area (Å²) in [7, 11) is 8.66. The van der Waals surface area contributed by atoms with Crippen LogP contribution in [0.4, 0.5) is 13.2 Å². The SMILES string of the molecule is CC[C@H](C)[C@@H]1NC(=O)[C@H](CC(C)C)N(C)C(=O)C[C@@H](C(=O)N2CCOCC2)N(C)C(=O)[C@H](C2CCCC2)N(C)C(=O)C2(CCCC2)NC(=O)[C@@H]2CCCN2C(=O)[C@H](CCC2CCC(C(F)(F)F)C(Cl)C2)NC(=O)CN(C)C(=O)[C@H](CC2CCC(C)CC2)N(C)C(=O)CN(CC)C(=O)CN(C)C1=O. The minimum atomic E-state index is -4.51. The van der Waals surface area contributed by atoms with Crippen molar-refractivity contribution >= 4 is 82.5 Å². The number of amides is 12. The van der Waals surface area contributed by atoms with Crippen LogP contribution < -0.4 is 16.0 Å². The lowest BCUT2D eigenvalue weighted by Crippen LogP contribution is -2.65. The summed E-state index contributed by atoms with van der Waals surface area (Å²) in [6.45, 7) is 10.4. The average Bonchev–Trinajstić information content (AvgIpc) is 1.52. The molecule has 3 heterocycles. The van der Waals surface area contributed by atoms with Crippen LogP contribution in [-0.2, 0) is 62.3 Å². The Morgan fingerprint density at radius 3 is 1.85 bits per heavy atom. The first-order chi connectivity index (χ1) is 48.1. The third-order valence-electron chi connectivity index (χ3n) is 23.5. The Morgan fingerprint density at radius 2 is 1.25 bits per heavy atom. The lowest BCUT2D eigenvalue weighted by molar-refractivity contribution is -0.182. The van der Waals surface area contributed by atoms with E-state index in [9.17, 15) is 41.9 Å². The summed E-state index contributed by atoms with van der Waals surface area (Å²) in [5.41, 5.74) is -1.56. The van der Waals surface area contributed by atoms with Gasteiger partial charge in [-0.15, -0.1) is 11.6 Å². The van der Waals surface area contributed by atoms with E-state index in [1.54, 1.807) is 13.8 Å². The minimum absolute atomic E-state index is 0.00187. The van der Waals surface area contributed by atoms with Crippen LogP contribution in [-0.4, -0.2) is 276 Å². The summed E-state index contributed by atoms with van der Waals surface area (Å²) < 4.78 is 47.7. The Morgan fingerprint density at radius 1 is 0.637 bits per heavy atom. The van der Waals surface area contributed by atoms with E-state index in [4.69, 9.17) is 16.3 Å². The second-order valence-electron chi connectivity index (χ2n) is 31.2. The monoisotopic (exact) mass is 1460 g/mol. The van der Waals surface area contributed by atoms with Crippen molar-refractivity contribution in [3.63, 3.8) is 0 Å². The number of hydrogen-bond donors (Lipinski definition) is 3. The molecule has 102 heavy (non-hydrogen) atoms. The molecule has 0 bridgehead atoms. The second-order valence-corrected chi connectivity index (χ2v) is 31.8. The van der Waals surface area contributed by atoms with Gasteiger partial charge in [-0.2, -0.15) is 13.2 Å². The maximum Gasteiger partial charge on any atom is 0.393 e.